The van der Waals surface area contributed by atoms with Crippen molar-refractivity contribution in [2.24, 2.45) is 11.3 Å². The predicted octanol–water partition coefficient (Wildman–Crippen LogP) is 0.706. The third-order valence-electron chi connectivity index (χ3n) is 4.79. The maximum absolute atomic E-state index is 12.5. The monoisotopic (exact) mass is 302 g/mol. The minimum atomic E-state index is -2.87. The molecule has 0 aromatic carbocycles. The molecule has 6 heteroatoms. The largest absolute Gasteiger partial charge is 0.353 e. The number of sulfone groups is 1. The van der Waals surface area contributed by atoms with Crippen molar-refractivity contribution in [3.05, 3.63) is 0 Å². The molecule has 1 amide bonds. The highest BCUT2D eigenvalue weighted by Crippen LogP contribution is 2.32. The standard InChI is InChI=1S/C14H26N2O3S/c1-14(2,11-4-3-7-15-10-11)13(17)16-12-5-8-20(18,19)9-6-12/h11-12,15H,3-10H2,1-2H3,(H,16,17). The van der Waals surface area contributed by atoms with Gasteiger partial charge in [-0.25, -0.2) is 8.42 Å². The Hall–Kier alpha value is -0.620. The number of carbonyl (C=O) groups is 1. The molecule has 0 aliphatic carbocycles. The van der Waals surface area contributed by atoms with E-state index in [1.54, 1.807) is 0 Å². The Morgan fingerprint density at radius 2 is 1.85 bits per heavy atom. The lowest BCUT2D eigenvalue weighted by Gasteiger charge is -2.37. The molecule has 2 heterocycles. The van der Waals surface area contributed by atoms with Crippen LogP contribution in [0, 0.1) is 11.3 Å². The molecule has 20 heavy (non-hydrogen) atoms. The summed E-state index contributed by atoms with van der Waals surface area (Å²) in [6.07, 6.45) is 3.29. The fourth-order valence-corrected chi connectivity index (χ4v) is 4.55. The first kappa shape index (κ1) is 15.8. The molecule has 2 rings (SSSR count). The summed E-state index contributed by atoms with van der Waals surface area (Å²) in [5.74, 6) is 0.811. The van der Waals surface area contributed by atoms with Crippen LogP contribution in [0.4, 0.5) is 0 Å². The van der Waals surface area contributed by atoms with E-state index >= 15 is 0 Å². The van der Waals surface area contributed by atoms with Crippen LogP contribution in [0.1, 0.15) is 39.5 Å². The summed E-state index contributed by atoms with van der Waals surface area (Å²) < 4.78 is 22.8. The molecule has 5 nitrogen and oxygen atoms in total. The summed E-state index contributed by atoms with van der Waals surface area (Å²) in [6, 6.07) is 0.0156. The summed E-state index contributed by atoms with van der Waals surface area (Å²) in [5.41, 5.74) is -0.399. The van der Waals surface area contributed by atoms with Crippen molar-refractivity contribution in [3.63, 3.8) is 0 Å². The van der Waals surface area contributed by atoms with Crippen molar-refractivity contribution < 1.29 is 13.2 Å². The number of nitrogens with one attached hydrogen (secondary N) is 2. The highest BCUT2D eigenvalue weighted by molar-refractivity contribution is 7.91. The lowest BCUT2D eigenvalue weighted by molar-refractivity contribution is -0.133. The molecule has 116 valence electrons. The van der Waals surface area contributed by atoms with Gasteiger partial charge in [-0.05, 0) is 44.7 Å². The van der Waals surface area contributed by atoms with Crippen LogP contribution in [0.3, 0.4) is 0 Å². The summed E-state index contributed by atoms with van der Waals surface area (Å²) in [7, 11) is -2.87. The van der Waals surface area contributed by atoms with E-state index in [9.17, 15) is 13.2 Å². The molecule has 1 unspecified atom stereocenters. The van der Waals surface area contributed by atoms with Gasteiger partial charge < -0.3 is 10.6 Å². The second-order valence-corrected chi connectivity index (χ2v) is 8.97. The van der Waals surface area contributed by atoms with Gasteiger partial charge in [-0.3, -0.25) is 4.79 Å². The molecule has 0 spiro atoms. The van der Waals surface area contributed by atoms with Crippen molar-refractivity contribution in [2.75, 3.05) is 24.6 Å². The number of hydrogen-bond donors (Lipinski definition) is 2. The molecule has 2 N–H and O–H groups in total. The van der Waals surface area contributed by atoms with Gasteiger partial charge in [-0.15, -0.1) is 0 Å². The zero-order valence-corrected chi connectivity index (χ0v) is 13.3. The average molecular weight is 302 g/mol. The van der Waals surface area contributed by atoms with Gasteiger partial charge in [0.05, 0.1) is 11.5 Å². The minimum absolute atomic E-state index is 0.0156. The number of rotatable bonds is 3. The third-order valence-corrected chi connectivity index (χ3v) is 6.51. The quantitative estimate of drug-likeness (QED) is 0.805. The molecule has 0 aromatic heterocycles. The predicted molar refractivity (Wildman–Crippen MR) is 79.2 cm³/mol. The van der Waals surface area contributed by atoms with Crippen molar-refractivity contribution in [1.29, 1.82) is 0 Å². The molecule has 0 radical (unpaired) electrons. The Balaban J connectivity index is 1.90. The molecular weight excluding hydrogens is 276 g/mol. The van der Waals surface area contributed by atoms with Crippen molar-refractivity contribution in [1.82, 2.24) is 10.6 Å². The Labute approximate surface area is 121 Å². The molecule has 0 saturated carbocycles. The highest BCUT2D eigenvalue weighted by atomic mass is 32.2. The van der Waals surface area contributed by atoms with Gasteiger partial charge in [-0.2, -0.15) is 0 Å². The third kappa shape index (κ3) is 3.73. The van der Waals surface area contributed by atoms with Crippen LogP contribution in [0.5, 0.6) is 0 Å². The molecule has 2 fully saturated rings. The van der Waals surface area contributed by atoms with E-state index in [0.717, 1.165) is 25.9 Å². The van der Waals surface area contributed by atoms with Gasteiger partial charge in [0.15, 0.2) is 0 Å². The van der Waals surface area contributed by atoms with Crippen LogP contribution in [-0.4, -0.2) is 45.0 Å². The van der Waals surface area contributed by atoms with E-state index in [1.807, 2.05) is 13.8 Å². The molecular formula is C14H26N2O3S. The van der Waals surface area contributed by atoms with E-state index in [1.165, 1.54) is 0 Å². The van der Waals surface area contributed by atoms with Crippen LogP contribution in [0.2, 0.25) is 0 Å². The topological polar surface area (TPSA) is 75.3 Å². The molecule has 2 saturated heterocycles. The van der Waals surface area contributed by atoms with Crippen LogP contribution < -0.4 is 10.6 Å². The molecule has 1 atom stereocenters. The minimum Gasteiger partial charge on any atom is -0.353 e. The fraction of sp³-hybridized carbons (Fsp3) is 0.929. The molecule has 2 aliphatic heterocycles. The number of carbonyl (C=O) groups excluding carboxylic acids is 1. The summed E-state index contributed by atoms with van der Waals surface area (Å²) in [6.45, 7) is 5.92. The molecule has 0 bridgehead atoms. The first-order valence-electron chi connectivity index (χ1n) is 7.53. The van der Waals surface area contributed by atoms with E-state index in [0.29, 0.717) is 18.8 Å². The Morgan fingerprint density at radius 1 is 1.20 bits per heavy atom. The zero-order chi connectivity index (χ0) is 14.8. The van der Waals surface area contributed by atoms with Crippen LogP contribution in [0.25, 0.3) is 0 Å². The smallest absolute Gasteiger partial charge is 0.226 e. The van der Waals surface area contributed by atoms with Gasteiger partial charge in [0, 0.05) is 11.5 Å². The average Bonchev–Trinajstić information content (AvgIpc) is 2.42. The molecule has 0 aromatic rings. The lowest BCUT2D eigenvalue weighted by atomic mass is 9.74. The van der Waals surface area contributed by atoms with Crippen LogP contribution >= 0.6 is 0 Å². The fourth-order valence-electron chi connectivity index (χ4n) is 3.06. The Bertz CT molecular complexity index is 439. The molecule has 2 aliphatic rings. The first-order valence-corrected chi connectivity index (χ1v) is 9.35. The zero-order valence-electron chi connectivity index (χ0n) is 12.4. The van der Waals surface area contributed by atoms with Gasteiger partial charge >= 0.3 is 0 Å². The van der Waals surface area contributed by atoms with E-state index < -0.39 is 15.3 Å². The SMILES string of the molecule is CC(C)(C(=O)NC1CCS(=O)(=O)CC1)C1CCCNC1. The second kappa shape index (κ2) is 6.02. The maximum atomic E-state index is 12.5. The van der Waals surface area contributed by atoms with E-state index in [4.69, 9.17) is 0 Å². The highest BCUT2D eigenvalue weighted by Gasteiger charge is 2.38. The van der Waals surface area contributed by atoms with Crippen molar-refractivity contribution in [3.8, 4) is 0 Å². The van der Waals surface area contributed by atoms with Crippen molar-refractivity contribution in [2.45, 2.75) is 45.6 Å². The van der Waals surface area contributed by atoms with Gasteiger partial charge in [0.1, 0.15) is 9.84 Å². The lowest BCUT2D eigenvalue weighted by Crippen LogP contribution is -2.51. The van der Waals surface area contributed by atoms with Gasteiger partial charge in [-0.1, -0.05) is 13.8 Å². The Morgan fingerprint density at radius 3 is 2.40 bits per heavy atom. The first-order chi connectivity index (χ1) is 9.31. The van der Waals surface area contributed by atoms with E-state index in [2.05, 4.69) is 10.6 Å². The summed E-state index contributed by atoms with van der Waals surface area (Å²) in [5, 5.41) is 6.41. The Kier molecular flexibility index (Phi) is 4.74. The van der Waals surface area contributed by atoms with Crippen molar-refractivity contribution >= 4 is 15.7 Å². The van der Waals surface area contributed by atoms with Gasteiger partial charge in [0.2, 0.25) is 5.91 Å². The summed E-state index contributed by atoms with van der Waals surface area (Å²) in [4.78, 5) is 12.5. The normalized spacial score (nSPS) is 28.0. The van der Waals surface area contributed by atoms with Crippen LogP contribution in [-0.2, 0) is 14.6 Å². The summed E-state index contributed by atoms with van der Waals surface area (Å²) >= 11 is 0. The van der Waals surface area contributed by atoms with E-state index in [-0.39, 0.29) is 23.5 Å². The van der Waals surface area contributed by atoms with Crippen LogP contribution in [0.15, 0.2) is 0 Å². The number of piperidine rings is 1. The van der Waals surface area contributed by atoms with Gasteiger partial charge in [0.25, 0.3) is 0 Å². The number of hydrogen-bond acceptors (Lipinski definition) is 4. The maximum Gasteiger partial charge on any atom is 0.226 e. The number of amides is 1. The second-order valence-electron chi connectivity index (χ2n) is 6.66.